The third-order valence-corrected chi connectivity index (χ3v) is 5.02. The summed E-state index contributed by atoms with van der Waals surface area (Å²) in [6.07, 6.45) is 3.32. The molecule has 0 amide bonds. The first-order valence-electron chi connectivity index (χ1n) is 8.90. The van der Waals surface area contributed by atoms with Gasteiger partial charge in [0.2, 0.25) is 0 Å². The number of hydrogen-bond acceptors (Lipinski definition) is 7. The van der Waals surface area contributed by atoms with Crippen molar-refractivity contribution in [3.05, 3.63) is 28.1 Å². The van der Waals surface area contributed by atoms with E-state index >= 15 is 0 Å². The number of guanidine groups is 1. The lowest BCUT2D eigenvalue weighted by Gasteiger charge is -2.12. The molecule has 0 radical (unpaired) electrons. The maximum absolute atomic E-state index is 4.65. The van der Waals surface area contributed by atoms with Gasteiger partial charge in [-0.15, -0.1) is 11.3 Å². The second-order valence-electron chi connectivity index (χ2n) is 6.02. The maximum atomic E-state index is 4.65. The van der Waals surface area contributed by atoms with Crippen molar-refractivity contribution in [3.8, 4) is 0 Å². The Morgan fingerprint density at radius 3 is 2.81 bits per heavy atom. The second kappa shape index (κ2) is 8.76. The van der Waals surface area contributed by atoms with E-state index in [9.17, 15) is 0 Å². The molecule has 0 saturated heterocycles. The predicted molar refractivity (Wildman–Crippen MR) is 109 cm³/mol. The number of hydrogen-bond donors (Lipinski definition) is 3. The highest BCUT2D eigenvalue weighted by Gasteiger charge is 2.07. The molecule has 10 heteroatoms. The number of thiazole rings is 1. The highest BCUT2D eigenvalue weighted by molar-refractivity contribution is 7.11. The summed E-state index contributed by atoms with van der Waals surface area (Å²) in [5.74, 6) is 1.58. The van der Waals surface area contributed by atoms with Crippen LogP contribution >= 0.6 is 11.3 Å². The van der Waals surface area contributed by atoms with Crippen LogP contribution < -0.4 is 16.0 Å². The average molecular weight is 388 g/mol. The lowest BCUT2D eigenvalue weighted by molar-refractivity contribution is 0.785. The Morgan fingerprint density at radius 2 is 2.07 bits per heavy atom. The number of aliphatic imine (C=N–C) groups is 1. The Hall–Kier alpha value is -2.75. The van der Waals surface area contributed by atoms with E-state index in [1.54, 1.807) is 28.5 Å². The molecule has 3 heterocycles. The second-order valence-corrected chi connectivity index (χ2v) is 7.31. The third-order valence-electron chi connectivity index (χ3n) is 3.96. The topological polar surface area (TPSA) is 105 Å². The van der Waals surface area contributed by atoms with Gasteiger partial charge in [-0.3, -0.25) is 4.68 Å². The highest BCUT2D eigenvalue weighted by Crippen LogP contribution is 2.18. The smallest absolute Gasteiger partial charge is 0.191 e. The molecule has 0 aliphatic rings. The molecule has 3 aromatic heterocycles. The minimum absolute atomic E-state index is 0.627. The van der Waals surface area contributed by atoms with Crippen molar-refractivity contribution >= 4 is 34.1 Å². The Labute approximate surface area is 162 Å². The Balaban J connectivity index is 1.55. The molecule has 0 unspecified atom stereocenters. The molecule has 27 heavy (non-hydrogen) atoms. The summed E-state index contributed by atoms with van der Waals surface area (Å²) in [5, 5.41) is 16.1. The first kappa shape index (κ1) is 19.0. The molecule has 0 fully saturated rings. The maximum Gasteiger partial charge on any atom is 0.191 e. The van der Waals surface area contributed by atoms with Gasteiger partial charge >= 0.3 is 0 Å². The van der Waals surface area contributed by atoms with Gasteiger partial charge in [0.15, 0.2) is 11.6 Å². The molecule has 144 valence electrons. The molecular weight excluding hydrogens is 362 g/mol. The van der Waals surface area contributed by atoms with E-state index in [0.717, 1.165) is 40.1 Å². The molecule has 0 aromatic carbocycles. The minimum atomic E-state index is 0.627. The van der Waals surface area contributed by atoms with Crippen LogP contribution in [-0.4, -0.2) is 50.3 Å². The predicted octanol–water partition coefficient (Wildman–Crippen LogP) is 1.60. The Bertz CT molecular complexity index is 928. The van der Waals surface area contributed by atoms with Gasteiger partial charge in [-0.05, 0) is 20.8 Å². The van der Waals surface area contributed by atoms with E-state index in [0.29, 0.717) is 19.6 Å². The molecule has 0 atom stereocenters. The van der Waals surface area contributed by atoms with E-state index in [1.807, 2.05) is 20.9 Å². The van der Waals surface area contributed by atoms with Gasteiger partial charge < -0.3 is 16.0 Å². The summed E-state index contributed by atoms with van der Waals surface area (Å²) in [6.45, 7) is 8.94. The molecule has 3 aromatic rings. The molecule has 9 nitrogen and oxygen atoms in total. The number of nitrogens with one attached hydrogen (secondary N) is 3. The molecule has 3 rings (SSSR count). The minimum Gasteiger partial charge on any atom is -0.368 e. The molecule has 0 aliphatic heterocycles. The normalized spacial score (nSPS) is 11.8. The van der Waals surface area contributed by atoms with Crippen molar-refractivity contribution in [1.82, 2.24) is 35.4 Å². The van der Waals surface area contributed by atoms with E-state index < -0.39 is 0 Å². The van der Waals surface area contributed by atoms with Crippen molar-refractivity contribution in [3.63, 3.8) is 0 Å². The van der Waals surface area contributed by atoms with E-state index in [-0.39, 0.29) is 0 Å². The van der Waals surface area contributed by atoms with Crippen LogP contribution in [0.15, 0.2) is 17.5 Å². The van der Waals surface area contributed by atoms with Crippen LogP contribution in [0.5, 0.6) is 0 Å². The van der Waals surface area contributed by atoms with Crippen LogP contribution in [-0.2, 0) is 13.6 Å². The summed E-state index contributed by atoms with van der Waals surface area (Å²) in [5.41, 5.74) is 1.87. The van der Waals surface area contributed by atoms with Gasteiger partial charge in [0.1, 0.15) is 12.1 Å². The summed E-state index contributed by atoms with van der Waals surface area (Å²) in [4.78, 5) is 18.9. The Kier molecular flexibility index (Phi) is 6.17. The summed E-state index contributed by atoms with van der Waals surface area (Å²) < 4.78 is 1.74. The van der Waals surface area contributed by atoms with Gasteiger partial charge in [-0.2, -0.15) is 5.10 Å². The number of nitrogens with zero attached hydrogens (tertiary/aromatic N) is 6. The summed E-state index contributed by atoms with van der Waals surface area (Å²) in [7, 11) is 1.87. The zero-order chi connectivity index (χ0) is 19.2. The lowest BCUT2D eigenvalue weighted by atomic mass is 10.4. The van der Waals surface area contributed by atoms with Gasteiger partial charge in [-0.1, -0.05) is 0 Å². The fourth-order valence-corrected chi connectivity index (χ4v) is 3.54. The van der Waals surface area contributed by atoms with Crippen molar-refractivity contribution in [2.24, 2.45) is 12.0 Å². The van der Waals surface area contributed by atoms with E-state index in [4.69, 9.17) is 0 Å². The van der Waals surface area contributed by atoms with Crippen LogP contribution in [0.2, 0.25) is 0 Å². The number of fused-ring (bicyclic) bond motifs is 1. The molecule has 0 spiro atoms. The zero-order valence-electron chi connectivity index (χ0n) is 16.1. The molecule has 0 saturated carbocycles. The number of aromatic nitrogens is 5. The van der Waals surface area contributed by atoms with Gasteiger partial charge in [0.05, 0.1) is 28.8 Å². The van der Waals surface area contributed by atoms with Crippen molar-refractivity contribution in [1.29, 1.82) is 0 Å². The largest absolute Gasteiger partial charge is 0.368 e. The van der Waals surface area contributed by atoms with Crippen molar-refractivity contribution in [2.75, 3.05) is 25.0 Å². The average Bonchev–Trinajstić information content (AvgIpc) is 3.18. The van der Waals surface area contributed by atoms with Gasteiger partial charge in [0, 0.05) is 31.6 Å². The van der Waals surface area contributed by atoms with Crippen LogP contribution in [0, 0.1) is 13.8 Å². The molecule has 3 N–H and O–H groups in total. The van der Waals surface area contributed by atoms with Crippen LogP contribution in [0.25, 0.3) is 11.0 Å². The molecule has 0 aliphatic carbocycles. The monoisotopic (exact) mass is 387 g/mol. The number of rotatable bonds is 7. The molecular formula is C17H25N9S. The highest BCUT2D eigenvalue weighted by atomic mass is 32.1. The summed E-state index contributed by atoms with van der Waals surface area (Å²) in [6, 6.07) is 0. The van der Waals surface area contributed by atoms with E-state index in [2.05, 4.69) is 47.9 Å². The number of aryl methyl sites for hydroxylation is 3. The first-order chi connectivity index (χ1) is 13.1. The van der Waals surface area contributed by atoms with Crippen LogP contribution in [0.3, 0.4) is 0 Å². The van der Waals surface area contributed by atoms with Crippen LogP contribution in [0.4, 0.5) is 5.82 Å². The molecule has 0 bridgehead atoms. The van der Waals surface area contributed by atoms with Crippen molar-refractivity contribution < 1.29 is 0 Å². The Morgan fingerprint density at radius 1 is 1.22 bits per heavy atom. The zero-order valence-corrected chi connectivity index (χ0v) is 16.9. The standard InChI is InChI=1S/C17H25N9S/c1-5-18-17(21-9-14-11(2)25-12(3)27-14)20-7-6-19-15-13-8-24-26(4)16(13)23-10-22-15/h8,10H,5-7,9H2,1-4H3,(H2,18,20,21)(H,19,22,23). The third kappa shape index (κ3) is 4.70. The lowest BCUT2D eigenvalue weighted by Crippen LogP contribution is -2.39. The van der Waals surface area contributed by atoms with Gasteiger partial charge in [0.25, 0.3) is 0 Å². The van der Waals surface area contributed by atoms with E-state index in [1.165, 1.54) is 4.88 Å². The van der Waals surface area contributed by atoms with Gasteiger partial charge in [-0.25, -0.2) is 19.9 Å². The fraction of sp³-hybridized carbons (Fsp3) is 0.471. The van der Waals surface area contributed by atoms with Crippen molar-refractivity contribution in [2.45, 2.75) is 27.3 Å². The van der Waals surface area contributed by atoms with Crippen LogP contribution in [0.1, 0.15) is 22.5 Å². The first-order valence-corrected chi connectivity index (χ1v) is 9.71. The fourth-order valence-electron chi connectivity index (χ4n) is 2.68. The number of anilines is 1. The quantitative estimate of drug-likeness (QED) is 0.321. The SMILES string of the molecule is CCNC(=NCc1sc(C)nc1C)NCCNc1ncnc2c1cnn2C. The summed E-state index contributed by atoms with van der Waals surface area (Å²) >= 11 is 1.69.